The summed E-state index contributed by atoms with van der Waals surface area (Å²) in [7, 11) is 0. The van der Waals surface area contributed by atoms with Gasteiger partial charge in [-0.3, -0.25) is 4.79 Å². The van der Waals surface area contributed by atoms with Crippen molar-refractivity contribution in [3.8, 4) is 0 Å². The molecule has 2 fully saturated rings. The molecule has 1 amide bonds. The van der Waals surface area contributed by atoms with Crippen LogP contribution in [0.2, 0.25) is 0 Å². The number of furan rings is 1. The van der Waals surface area contributed by atoms with Crippen LogP contribution in [0.15, 0.2) is 16.5 Å². The normalized spacial score (nSPS) is 28.8. The van der Waals surface area contributed by atoms with Crippen LogP contribution in [0, 0.1) is 11.8 Å². The maximum absolute atomic E-state index is 12.0. The van der Waals surface area contributed by atoms with Crippen LogP contribution in [0.3, 0.4) is 0 Å². The number of carbonyl (C=O) groups is 1. The van der Waals surface area contributed by atoms with Crippen molar-refractivity contribution in [1.82, 2.24) is 10.6 Å². The van der Waals surface area contributed by atoms with E-state index in [2.05, 4.69) is 36.6 Å². The largest absolute Gasteiger partial charge is 0.465 e. The van der Waals surface area contributed by atoms with Crippen LogP contribution in [0.4, 0.5) is 0 Å². The van der Waals surface area contributed by atoms with Crippen LogP contribution in [-0.2, 0) is 4.79 Å². The van der Waals surface area contributed by atoms with E-state index in [-0.39, 0.29) is 24.2 Å². The van der Waals surface area contributed by atoms with Crippen LogP contribution < -0.4 is 10.6 Å². The average molecular weight is 327 g/mol. The zero-order valence-electron chi connectivity index (χ0n) is 13.4. The Hall–Kier alpha value is -1.00. The molecule has 2 aliphatic rings. The number of amides is 1. The molecule has 2 N–H and O–H groups in total. The second kappa shape index (κ2) is 7.51. The van der Waals surface area contributed by atoms with Gasteiger partial charge in [-0.25, -0.2) is 0 Å². The molecule has 124 valence electrons. The summed E-state index contributed by atoms with van der Waals surface area (Å²) in [4.78, 5) is 12.0. The number of carbonyl (C=O) groups excluding carboxylic acids is 1. The fourth-order valence-electron chi connectivity index (χ4n) is 2.99. The van der Waals surface area contributed by atoms with Gasteiger partial charge in [-0.05, 0) is 43.9 Å². The zero-order chi connectivity index (χ0) is 14.8. The van der Waals surface area contributed by atoms with Crippen LogP contribution in [0.1, 0.15) is 56.5 Å². The molecular formula is C17H27ClN2O2. The molecule has 1 aromatic rings. The second-order valence-electron chi connectivity index (χ2n) is 6.55. The number of nitrogens with one attached hydrogen (secondary N) is 2. The first kappa shape index (κ1) is 17.4. The average Bonchev–Trinajstić information content (AvgIpc) is 3.37. The van der Waals surface area contributed by atoms with Crippen LogP contribution in [0.5, 0.6) is 0 Å². The molecule has 2 saturated carbocycles. The Bertz CT molecular complexity index is 503. The predicted molar refractivity (Wildman–Crippen MR) is 89.5 cm³/mol. The summed E-state index contributed by atoms with van der Waals surface area (Å²) in [5, 5.41) is 6.30. The van der Waals surface area contributed by atoms with Gasteiger partial charge < -0.3 is 15.1 Å². The minimum absolute atomic E-state index is 0. The quantitative estimate of drug-likeness (QED) is 0.722. The van der Waals surface area contributed by atoms with Gasteiger partial charge in [0.05, 0.1) is 0 Å². The van der Waals surface area contributed by atoms with E-state index >= 15 is 0 Å². The topological polar surface area (TPSA) is 54.3 Å². The van der Waals surface area contributed by atoms with Crippen LogP contribution in [0.25, 0.3) is 0 Å². The Balaban J connectivity index is 0.00000176. The molecule has 1 aromatic heterocycles. The molecule has 0 bridgehead atoms. The van der Waals surface area contributed by atoms with E-state index in [1.807, 2.05) is 0 Å². The third-order valence-corrected chi connectivity index (χ3v) is 4.64. The van der Waals surface area contributed by atoms with E-state index in [1.54, 1.807) is 0 Å². The van der Waals surface area contributed by atoms with Crippen molar-refractivity contribution in [2.75, 3.05) is 19.6 Å². The highest BCUT2D eigenvalue weighted by Crippen LogP contribution is 2.51. The first-order chi connectivity index (χ1) is 10.2. The molecule has 0 aliphatic heterocycles. The first-order valence-corrected chi connectivity index (χ1v) is 8.28. The summed E-state index contributed by atoms with van der Waals surface area (Å²) in [5.74, 6) is 4.10. The molecule has 3 rings (SSSR count). The van der Waals surface area contributed by atoms with Gasteiger partial charge in [0.15, 0.2) is 0 Å². The molecule has 4 unspecified atom stereocenters. The predicted octanol–water partition coefficient (Wildman–Crippen LogP) is 3.04. The fraction of sp³-hybridized carbons (Fsp3) is 0.706. The van der Waals surface area contributed by atoms with Crippen molar-refractivity contribution >= 4 is 18.3 Å². The van der Waals surface area contributed by atoms with Gasteiger partial charge in [0.25, 0.3) is 0 Å². The zero-order valence-corrected chi connectivity index (χ0v) is 14.2. The van der Waals surface area contributed by atoms with Crippen LogP contribution >= 0.6 is 12.4 Å². The van der Waals surface area contributed by atoms with Crippen molar-refractivity contribution < 1.29 is 9.21 Å². The lowest BCUT2D eigenvalue weighted by molar-refractivity contribution is -0.122. The van der Waals surface area contributed by atoms with Gasteiger partial charge in [-0.2, -0.15) is 0 Å². The highest BCUT2D eigenvalue weighted by atomic mass is 35.5. The smallest absolute Gasteiger partial charge is 0.223 e. The highest BCUT2D eigenvalue weighted by molar-refractivity contribution is 5.85. The highest BCUT2D eigenvalue weighted by Gasteiger charge is 2.46. The number of hydrogen-bond acceptors (Lipinski definition) is 3. The van der Waals surface area contributed by atoms with E-state index in [4.69, 9.17) is 4.42 Å². The molecule has 0 radical (unpaired) electrons. The molecule has 0 spiro atoms. The Labute approximate surface area is 138 Å². The number of rotatable bonds is 8. The third-order valence-electron chi connectivity index (χ3n) is 4.64. The molecule has 22 heavy (non-hydrogen) atoms. The van der Waals surface area contributed by atoms with Gasteiger partial charge in [0, 0.05) is 30.8 Å². The summed E-state index contributed by atoms with van der Waals surface area (Å²) in [6.45, 7) is 6.97. The molecule has 0 aromatic carbocycles. The minimum atomic E-state index is 0. The van der Waals surface area contributed by atoms with Gasteiger partial charge in [0.1, 0.15) is 11.5 Å². The van der Waals surface area contributed by atoms with E-state index < -0.39 is 0 Å². The molecule has 5 heteroatoms. The third kappa shape index (κ3) is 4.05. The minimum Gasteiger partial charge on any atom is -0.465 e. The van der Waals surface area contributed by atoms with Crippen molar-refractivity contribution in [3.63, 3.8) is 0 Å². The Morgan fingerprint density at radius 2 is 1.86 bits per heavy atom. The SMILES string of the molecule is CCCNCCNC(=O)C1CC1c1ccc(C2CC2C)o1.Cl. The molecule has 4 nitrogen and oxygen atoms in total. The maximum Gasteiger partial charge on any atom is 0.223 e. The maximum atomic E-state index is 12.0. The fourth-order valence-corrected chi connectivity index (χ4v) is 2.99. The standard InChI is InChI=1S/C17H26N2O2.ClH/c1-3-6-18-7-8-19-17(20)14-10-13(14)16-5-4-15(21-16)12-9-11(12)2;/h4-5,11-14,18H,3,6-10H2,1-2H3,(H,19,20);1H. The van der Waals surface area contributed by atoms with Crippen molar-refractivity contribution in [2.45, 2.75) is 44.9 Å². The summed E-state index contributed by atoms with van der Waals surface area (Å²) < 4.78 is 5.95. The van der Waals surface area contributed by atoms with E-state index in [9.17, 15) is 4.79 Å². The first-order valence-electron chi connectivity index (χ1n) is 8.28. The van der Waals surface area contributed by atoms with Gasteiger partial charge in [-0.15, -0.1) is 12.4 Å². The molecule has 4 atom stereocenters. The summed E-state index contributed by atoms with van der Waals surface area (Å²) in [6.07, 6.45) is 3.30. The lowest BCUT2D eigenvalue weighted by Gasteiger charge is -2.05. The van der Waals surface area contributed by atoms with Crippen molar-refractivity contribution in [2.24, 2.45) is 11.8 Å². The lowest BCUT2D eigenvalue weighted by atomic mass is 10.2. The second-order valence-corrected chi connectivity index (χ2v) is 6.55. The molecular weight excluding hydrogens is 300 g/mol. The van der Waals surface area contributed by atoms with E-state index in [0.717, 1.165) is 43.4 Å². The Morgan fingerprint density at radius 1 is 1.18 bits per heavy atom. The summed E-state index contributed by atoms with van der Waals surface area (Å²) >= 11 is 0. The van der Waals surface area contributed by atoms with E-state index in [0.29, 0.717) is 18.4 Å². The van der Waals surface area contributed by atoms with Gasteiger partial charge >= 0.3 is 0 Å². The van der Waals surface area contributed by atoms with E-state index in [1.165, 1.54) is 6.42 Å². The van der Waals surface area contributed by atoms with Gasteiger partial charge in [-0.1, -0.05) is 13.8 Å². The summed E-state index contributed by atoms with van der Waals surface area (Å²) in [5.41, 5.74) is 0. The van der Waals surface area contributed by atoms with Crippen molar-refractivity contribution in [1.29, 1.82) is 0 Å². The monoisotopic (exact) mass is 326 g/mol. The Kier molecular flexibility index (Phi) is 5.93. The number of hydrogen-bond donors (Lipinski definition) is 2. The van der Waals surface area contributed by atoms with Gasteiger partial charge in [0.2, 0.25) is 5.91 Å². The Morgan fingerprint density at radius 3 is 2.50 bits per heavy atom. The summed E-state index contributed by atoms with van der Waals surface area (Å²) in [6, 6.07) is 4.17. The molecule has 0 saturated heterocycles. The molecule has 2 aliphatic carbocycles. The molecule has 1 heterocycles. The van der Waals surface area contributed by atoms with Crippen molar-refractivity contribution in [3.05, 3.63) is 23.7 Å². The number of halogens is 1. The van der Waals surface area contributed by atoms with Crippen LogP contribution in [-0.4, -0.2) is 25.5 Å². The lowest BCUT2D eigenvalue weighted by Crippen LogP contribution is -2.33.